The van der Waals surface area contributed by atoms with Gasteiger partial charge in [-0.3, -0.25) is 14.9 Å². The fourth-order valence-corrected chi connectivity index (χ4v) is 5.04. The molecule has 2 aromatic carbocycles. The molecule has 0 radical (unpaired) electrons. The van der Waals surface area contributed by atoms with Gasteiger partial charge in [0.15, 0.2) is 0 Å². The minimum atomic E-state index is -3.90. The van der Waals surface area contributed by atoms with E-state index in [9.17, 15) is 27.7 Å². The van der Waals surface area contributed by atoms with Crippen LogP contribution in [0.25, 0.3) is 0 Å². The SMILES string of the molecule is C[C@@H](NC(=O)C1CCC(NS(=O)(=O)c2cccc([N+](=O)[O-])c2)CC1)c1ccc(F)cc1. The maximum absolute atomic E-state index is 13.1. The minimum Gasteiger partial charge on any atom is -0.349 e. The van der Waals surface area contributed by atoms with Crippen molar-refractivity contribution >= 4 is 21.6 Å². The second-order valence-corrected chi connectivity index (χ2v) is 9.42. The summed E-state index contributed by atoms with van der Waals surface area (Å²) in [6.07, 6.45) is 2.00. The topological polar surface area (TPSA) is 118 Å². The number of hydrogen-bond acceptors (Lipinski definition) is 5. The number of nitrogens with one attached hydrogen (secondary N) is 2. The standard InChI is InChI=1S/C21H24FN3O5S/c1-14(15-5-9-17(22)10-6-15)23-21(26)16-7-11-18(12-8-16)24-31(29,30)20-4-2-3-19(13-20)25(27)28/h2-6,9-10,13-14,16,18,24H,7-8,11-12H2,1H3,(H,23,26)/t14-,16?,18?/m1/s1. The van der Waals surface area contributed by atoms with Crippen molar-refractivity contribution in [2.75, 3.05) is 0 Å². The third-order valence-electron chi connectivity index (χ3n) is 5.49. The first-order valence-electron chi connectivity index (χ1n) is 9.98. The van der Waals surface area contributed by atoms with Crippen LogP contribution in [0.3, 0.4) is 0 Å². The average Bonchev–Trinajstić information content (AvgIpc) is 2.74. The summed E-state index contributed by atoms with van der Waals surface area (Å²) in [4.78, 5) is 22.7. The van der Waals surface area contributed by atoms with Crippen molar-refractivity contribution in [2.45, 2.75) is 49.6 Å². The predicted molar refractivity (Wildman–Crippen MR) is 112 cm³/mol. The summed E-state index contributed by atoms with van der Waals surface area (Å²) in [5, 5.41) is 13.8. The van der Waals surface area contributed by atoms with E-state index in [1.165, 1.54) is 30.3 Å². The van der Waals surface area contributed by atoms with Gasteiger partial charge in [0.25, 0.3) is 5.69 Å². The Morgan fingerprint density at radius 1 is 1.13 bits per heavy atom. The maximum atomic E-state index is 13.1. The van der Waals surface area contributed by atoms with Gasteiger partial charge in [0.2, 0.25) is 15.9 Å². The van der Waals surface area contributed by atoms with Crippen molar-refractivity contribution in [1.82, 2.24) is 10.0 Å². The molecule has 0 aromatic heterocycles. The van der Waals surface area contributed by atoms with Gasteiger partial charge in [-0.15, -0.1) is 0 Å². The van der Waals surface area contributed by atoms with Crippen LogP contribution >= 0.6 is 0 Å². The maximum Gasteiger partial charge on any atom is 0.270 e. The lowest BCUT2D eigenvalue weighted by Gasteiger charge is -2.29. The van der Waals surface area contributed by atoms with E-state index >= 15 is 0 Å². The quantitative estimate of drug-likeness (QED) is 0.496. The molecule has 10 heteroatoms. The van der Waals surface area contributed by atoms with Crippen molar-refractivity contribution in [3.63, 3.8) is 0 Å². The smallest absolute Gasteiger partial charge is 0.270 e. The molecule has 3 rings (SSSR count). The van der Waals surface area contributed by atoms with E-state index in [1.54, 1.807) is 12.1 Å². The molecular weight excluding hydrogens is 425 g/mol. The fraction of sp³-hybridized carbons (Fsp3) is 0.381. The highest BCUT2D eigenvalue weighted by molar-refractivity contribution is 7.89. The van der Waals surface area contributed by atoms with Crippen LogP contribution in [0.1, 0.15) is 44.2 Å². The summed E-state index contributed by atoms with van der Waals surface area (Å²) in [6, 6.07) is 10.2. The fourth-order valence-electron chi connectivity index (χ4n) is 3.69. The number of sulfonamides is 1. The van der Waals surface area contributed by atoms with Gasteiger partial charge in [-0.2, -0.15) is 0 Å². The number of carbonyl (C=O) groups excluding carboxylic acids is 1. The Balaban J connectivity index is 1.54. The number of nitrogens with zero attached hydrogens (tertiary/aromatic N) is 1. The molecule has 31 heavy (non-hydrogen) atoms. The monoisotopic (exact) mass is 449 g/mol. The zero-order valence-corrected chi connectivity index (χ0v) is 17.8. The zero-order chi connectivity index (χ0) is 22.6. The number of carbonyl (C=O) groups is 1. The molecule has 0 saturated heterocycles. The largest absolute Gasteiger partial charge is 0.349 e. The lowest BCUT2D eigenvalue weighted by molar-refractivity contribution is -0.385. The molecule has 0 bridgehead atoms. The molecule has 1 aliphatic carbocycles. The molecule has 1 amide bonds. The van der Waals surface area contributed by atoms with Gasteiger partial charge in [-0.25, -0.2) is 17.5 Å². The Morgan fingerprint density at radius 2 is 1.77 bits per heavy atom. The molecule has 1 atom stereocenters. The highest BCUT2D eigenvalue weighted by Gasteiger charge is 2.30. The van der Waals surface area contributed by atoms with Crippen LogP contribution in [0.2, 0.25) is 0 Å². The van der Waals surface area contributed by atoms with E-state index < -0.39 is 14.9 Å². The van der Waals surface area contributed by atoms with Gasteiger partial charge in [0.05, 0.1) is 15.9 Å². The van der Waals surface area contributed by atoms with E-state index in [2.05, 4.69) is 10.0 Å². The Bertz CT molecular complexity index is 1050. The van der Waals surface area contributed by atoms with Gasteiger partial charge in [-0.1, -0.05) is 18.2 Å². The molecule has 0 heterocycles. The van der Waals surface area contributed by atoms with Gasteiger partial charge in [0, 0.05) is 24.1 Å². The van der Waals surface area contributed by atoms with Crippen LogP contribution < -0.4 is 10.0 Å². The van der Waals surface area contributed by atoms with Crippen molar-refractivity contribution in [1.29, 1.82) is 0 Å². The summed E-state index contributed by atoms with van der Waals surface area (Å²) in [5.74, 6) is -0.688. The number of rotatable bonds is 7. The third-order valence-corrected chi connectivity index (χ3v) is 7.01. The molecule has 0 spiro atoms. The van der Waals surface area contributed by atoms with Crippen LogP contribution in [0.5, 0.6) is 0 Å². The summed E-state index contributed by atoms with van der Waals surface area (Å²) < 4.78 is 40.8. The normalized spacial score (nSPS) is 20.1. The summed E-state index contributed by atoms with van der Waals surface area (Å²) in [6.45, 7) is 1.82. The van der Waals surface area contributed by atoms with Gasteiger partial charge in [-0.05, 0) is 56.4 Å². The van der Waals surface area contributed by atoms with Gasteiger partial charge in [0.1, 0.15) is 5.82 Å². The van der Waals surface area contributed by atoms with Crippen molar-refractivity contribution in [2.24, 2.45) is 5.92 Å². The molecule has 1 saturated carbocycles. The number of benzene rings is 2. The molecule has 8 nitrogen and oxygen atoms in total. The number of nitro groups is 1. The highest BCUT2D eigenvalue weighted by Crippen LogP contribution is 2.27. The Hall–Kier alpha value is -2.85. The van der Waals surface area contributed by atoms with Crippen molar-refractivity contribution < 1.29 is 22.5 Å². The van der Waals surface area contributed by atoms with E-state index in [-0.39, 0.29) is 40.3 Å². The number of halogens is 1. The van der Waals surface area contributed by atoms with E-state index in [1.807, 2.05) is 6.92 Å². The minimum absolute atomic E-state index is 0.114. The zero-order valence-electron chi connectivity index (χ0n) is 17.0. The molecule has 166 valence electrons. The summed E-state index contributed by atoms with van der Waals surface area (Å²) in [5.41, 5.74) is 0.506. The third kappa shape index (κ3) is 5.86. The lowest BCUT2D eigenvalue weighted by atomic mass is 9.85. The van der Waals surface area contributed by atoms with Crippen LogP contribution in [0.15, 0.2) is 53.4 Å². The molecular formula is C21H24FN3O5S. The van der Waals surface area contributed by atoms with Crippen molar-refractivity contribution in [3.8, 4) is 0 Å². The second kappa shape index (κ2) is 9.52. The number of nitro benzene ring substituents is 1. The van der Waals surface area contributed by atoms with Crippen molar-refractivity contribution in [3.05, 3.63) is 70.0 Å². The van der Waals surface area contributed by atoms with Gasteiger partial charge < -0.3 is 5.32 Å². The van der Waals surface area contributed by atoms with E-state index in [4.69, 9.17) is 0 Å². The van der Waals surface area contributed by atoms with E-state index in [0.29, 0.717) is 25.7 Å². The number of amides is 1. The number of non-ortho nitro benzene ring substituents is 1. The first-order valence-corrected chi connectivity index (χ1v) is 11.5. The molecule has 2 N–H and O–H groups in total. The van der Waals surface area contributed by atoms with Crippen LogP contribution in [-0.4, -0.2) is 25.3 Å². The lowest BCUT2D eigenvalue weighted by Crippen LogP contribution is -2.41. The summed E-state index contributed by atoms with van der Waals surface area (Å²) >= 11 is 0. The predicted octanol–water partition coefficient (Wildman–Crippen LogP) is 3.45. The Kier molecular flexibility index (Phi) is 7.01. The van der Waals surface area contributed by atoms with Crippen LogP contribution in [0.4, 0.5) is 10.1 Å². The summed E-state index contributed by atoms with van der Waals surface area (Å²) in [7, 11) is -3.90. The van der Waals surface area contributed by atoms with Gasteiger partial charge >= 0.3 is 0 Å². The first kappa shape index (κ1) is 22.8. The Morgan fingerprint density at radius 3 is 2.39 bits per heavy atom. The number of hydrogen-bond donors (Lipinski definition) is 2. The van der Waals surface area contributed by atoms with Crippen LogP contribution in [0, 0.1) is 21.8 Å². The molecule has 2 aromatic rings. The molecule has 1 fully saturated rings. The Labute approximate surface area is 180 Å². The first-order chi connectivity index (χ1) is 14.7. The highest BCUT2D eigenvalue weighted by atomic mass is 32.2. The molecule has 1 aliphatic rings. The second-order valence-electron chi connectivity index (χ2n) is 7.71. The van der Waals surface area contributed by atoms with E-state index in [0.717, 1.165) is 11.6 Å². The average molecular weight is 450 g/mol. The molecule has 0 aliphatic heterocycles. The molecule has 0 unspecified atom stereocenters. The van der Waals surface area contributed by atoms with Crippen LogP contribution in [-0.2, 0) is 14.8 Å².